The van der Waals surface area contributed by atoms with E-state index in [1.807, 2.05) is 63.2 Å². The van der Waals surface area contributed by atoms with E-state index in [2.05, 4.69) is 10.3 Å². The summed E-state index contributed by atoms with van der Waals surface area (Å²) >= 11 is 0. The van der Waals surface area contributed by atoms with Crippen molar-refractivity contribution in [2.75, 3.05) is 10.2 Å². The van der Waals surface area contributed by atoms with E-state index in [1.165, 1.54) is 11.8 Å². The molecule has 2 amide bonds. The van der Waals surface area contributed by atoms with Crippen molar-refractivity contribution < 1.29 is 9.59 Å². The van der Waals surface area contributed by atoms with Gasteiger partial charge >= 0.3 is 0 Å². The van der Waals surface area contributed by atoms with Gasteiger partial charge in [-0.15, -0.1) is 0 Å². The van der Waals surface area contributed by atoms with Crippen LogP contribution in [0.5, 0.6) is 0 Å². The number of aryl methyl sites for hydroxylation is 2. The molecule has 4 rings (SSSR count). The molecule has 0 spiro atoms. The van der Waals surface area contributed by atoms with Crippen LogP contribution >= 0.6 is 0 Å². The first-order valence-electron chi connectivity index (χ1n) is 9.70. The number of amides is 2. The molecule has 1 N–H and O–H groups in total. The summed E-state index contributed by atoms with van der Waals surface area (Å²) in [5.74, 6) is -0.456. The summed E-state index contributed by atoms with van der Waals surface area (Å²) in [4.78, 5) is 31.9. The van der Waals surface area contributed by atoms with Crippen LogP contribution in [0.15, 0.2) is 60.8 Å². The molecule has 0 radical (unpaired) electrons. The van der Waals surface area contributed by atoms with Crippen molar-refractivity contribution in [1.82, 2.24) is 4.98 Å². The lowest BCUT2D eigenvalue weighted by Crippen LogP contribution is -2.36. The van der Waals surface area contributed by atoms with Crippen molar-refractivity contribution in [1.29, 1.82) is 0 Å². The lowest BCUT2D eigenvalue weighted by Gasteiger charge is -2.22. The highest BCUT2D eigenvalue weighted by atomic mass is 16.2. The molecule has 1 aliphatic heterocycles. The number of rotatable bonds is 3. The zero-order valence-electron chi connectivity index (χ0n) is 16.8. The Hall–Kier alpha value is -3.47. The highest BCUT2D eigenvalue weighted by molar-refractivity contribution is 6.09. The van der Waals surface area contributed by atoms with Crippen molar-refractivity contribution in [2.24, 2.45) is 0 Å². The fraction of sp³-hybridized carbons (Fsp3) is 0.208. The highest BCUT2D eigenvalue weighted by Crippen LogP contribution is 2.32. The molecule has 3 aromatic rings. The third-order valence-electron chi connectivity index (χ3n) is 5.43. The van der Waals surface area contributed by atoms with E-state index in [4.69, 9.17) is 0 Å². The summed E-state index contributed by atoms with van der Waals surface area (Å²) in [6.45, 7) is 6.05. The minimum atomic E-state index is -0.264. The second-order valence-corrected chi connectivity index (χ2v) is 7.54. The van der Waals surface area contributed by atoms with Gasteiger partial charge in [-0.2, -0.15) is 0 Å². The molecule has 146 valence electrons. The maximum absolute atomic E-state index is 13.2. The topological polar surface area (TPSA) is 62.3 Å². The first-order valence-corrected chi connectivity index (χ1v) is 9.70. The van der Waals surface area contributed by atoms with Gasteiger partial charge in [-0.1, -0.05) is 24.3 Å². The Bertz CT molecular complexity index is 1110. The van der Waals surface area contributed by atoms with E-state index in [0.717, 1.165) is 28.9 Å². The second kappa shape index (κ2) is 7.51. The first-order chi connectivity index (χ1) is 13.9. The quantitative estimate of drug-likeness (QED) is 0.720. The monoisotopic (exact) mass is 385 g/mol. The van der Waals surface area contributed by atoms with Gasteiger partial charge in [-0.25, -0.2) is 0 Å². The second-order valence-electron chi connectivity index (χ2n) is 7.54. The van der Waals surface area contributed by atoms with Crippen molar-refractivity contribution in [2.45, 2.75) is 33.2 Å². The van der Waals surface area contributed by atoms with Crippen molar-refractivity contribution in [3.05, 3.63) is 88.7 Å². The number of hydrogen-bond donors (Lipinski definition) is 1. The molecule has 0 aliphatic carbocycles. The summed E-state index contributed by atoms with van der Waals surface area (Å²) in [6, 6.07) is 16.9. The summed E-state index contributed by atoms with van der Waals surface area (Å²) in [7, 11) is 0. The van der Waals surface area contributed by atoms with Crippen LogP contribution in [-0.4, -0.2) is 22.8 Å². The molecule has 1 aliphatic rings. The normalized spacial score (nSPS) is 15.1. The van der Waals surface area contributed by atoms with E-state index in [9.17, 15) is 9.59 Å². The maximum Gasteiger partial charge on any atom is 0.277 e. The average molecular weight is 385 g/mol. The third kappa shape index (κ3) is 3.63. The molecule has 29 heavy (non-hydrogen) atoms. The van der Waals surface area contributed by atoms with Gasteiger partial charge in [0.05, 0.1) is 0 Å². The number of benzene rings is 2. The van der Waals surface area contributed by atoms with Crippen LogP contribution in [0, 0.1) is 13.8 Å². The van der Waals surface area contributed by atoms with Crippen molar-refractivity contribution in [3.8, 4) is 0 Å². The number of aromatic nitrogens is 1. The number of nitrogens with zero attached hydrogens (tertiary/aromatic N) is 2. The Kier molecular flexibility index (Phi) is 4.89. The van der Waals surface area contributed by atoms with Gasteiger partial charge in [0, 0.05) is 29.2 Å². The Morgan fingerprint density at radius 2 is 1.83 bits per heavy atom. The van der Waals surface area contributed by atoms with Crippen molar-refractivity contribution in [3.63, 3.8) is 0 Å². The van der Waals surface area contributed by atoms with Crippen LogP contribution in [-0.2, 0) is 6.42 Å². The molecule has 0 saturated heterocycles. The lowest BCUT2D eigenvalue weighted by molar-refractivity contribution is 0.0976. The van der Waals surface area contributed by atoms with Crippen LogP contribution < -0.4 is 10.2 Å². The number of pyridine rings is 1. The Morgan fingerprint density at radius 3 is 2.62 bits per heavy atom. The van der Waals surface area contributed by atoms with Gasteiger partial charge in [0.15, 0.2) is 0 Å². The predicted octanol–water partition coefficient (Wildman–Crippen LogP) is 4.54. The zero-order valence-corrected chi connectivity index (χ0v) is 16.8. The molecule has 0 saturated carbocycles. The van der Waals surface area contributed by atoms with Crippen LogP contribution in [0.4, 0.5) is 11.4 Å². The summed E-state index contributed by atoms with van der Waals surface area (Å²) in [5.41, 5.74) is 5.73. The number of fused-ring (bicyclic) bond motifs is 1. The molecule has 2 heterocycles. The van der Waals surface area contributed by atoms with Crippen LogP contribution in [0.3, 0.4) is 0 Å². The SMILES string of the molecule is Cc1ccc(NC(=O)c2ccnc(C(=O)N3c4ccccc4CC3C)c2)cc1C. The van der Waals surface area contributed by atoms with E-state index in [-0.39, 0.29) is 23.6 Å². The van der Waals surface area contributed by atoms with E-state index in [1.54, 1.807) is 17.0 Å². The fourth-order valence-corrected chi connectivity index (χ4v) is 3.71. The standard InChI is InChI=1S/C24H23N3O2/c1-15-8-9-20(12-16(15)2)26-23(28)19-10-11-25-21(14-19)24(29)27-17(3)13-18-6-4-5-7-22(18)27/h4-12,14,17H,13H2,1-3H3,(H,26,28). The Labute approximate surface area is 170 Å². The van der Waals surface area contributed by atoms with Gasteiger partial charge in [-0.05, 0) is 74.2 Å². The molecule has 0 fully saturated rings. The lowest BCUT2D eigenvalue weighted by atomic mass is 10.1. The largest absolute Gasteiger partial charge is 0.322 e. The van der Waals surface area contributed by atoms with Crippen molar-refractivity contribution >= 4 is 23.2 Å². The summed E-state index contributed by atoms with van der Waals surface area (Å²) < 4.78 is 0. The summed E-state index contributed by atoms with van der Waals surface area (Å²) in [6.07, 6.45) is 2.32. The summed E-state index contributed by atoms with van der Waals surface area (Å²) in [5, 5.41) is 2.89. The minimum Gasteiger partial charge on any atom is -0.322 e. The number of hydrogen-bond acceptors (Lipinski definition) is 3. The number of carbonyl (C=O) groups is 2. The smallest absolute Gasteiger partial charge is 0.277 e. The van der Waals surface area contributed by atoms with Crippen LogP contribution in [0.25, 0.3) is 0 Å². The van der Waals surface area contributed by atoms with Gasteiger partial charge in [0.1, 0.15) is 5.69 Å². The number of carbonyl (C=O) groups excluding carboxylic acids is 2. The number of anilines is 2. The molecule has 5 nitrogen and oxygen atoms in total. The van der Waals surface area contributed by atoms with Gasteiger partial charge in [-0.3, -0.25) is 14.6 Å². The number of nitrogens with one attached hydrogen (secondary N) is 1. The molecule has 0 bridgehead atoms. The van der Waals surface area contributed by atoms with E-state index < -0.39 is 0 Å². The Morgan fingerprint density at radius 1 is 1.03 bits per heavy atom. The molecule has 1 unspecified atom stereocenters. The first kappa shape index (κ1) is 18.9. The van der Waals surface area contributed by atoms with Crippen LogP contribution in [0.2, 0.25) is 0 Å². The minimum absolute atomic E-state index is 0.0507. The number of para-hydroxylation sites is 1. The highest BCUT2D eigenvalue weighted by Gasteiger charge is 2.32. The van der Waals surface area contributed by atoms with Crippen LogP contribution in [0.1, 0.15) is 44.5 Å². The average Bonchev–Trinajstić information content (AvgIpc) is 3.06. The maximum atomic E-state index is 13.2. The van der Waals surface area contributed by atoms with E-state index >= 15 is 0 Å². The molecule has 5 heteroatoms. The molecular formula is C24H23N3O2. The van der Waals surface area contributed by atoms with Gasteiger partial charge < -0.3 is 10.2 Å². The zero-order chi connectivity index (χ0) is 20.5. The fourth-order valence-electron chi connectivity index (χ4n) is 3.71. The Balaban J connectivity index is 1.58. The molecule has 2 aromatic carbocycles. The van der Waals surface area contributed by atoms with Gasteiger partial charge in [0.25, 0.3) is 11.8 Å². The molecular weight excluding hydrogens is 362 g/mol. The van der Waals surface area contributed by atoms with Gasteiger partial charge in [0.2, 0.25) is 0 Å². The molecule has 1 atom stereocenters. The third-order valence-corrected chi connectivity index (χ3v) is 5.43. The molecule has 1 aromatic heterocycles. The van der Waals surface area contributed by atoms with E-state index in [0.29, 0.717) is 5.56 Å². The predicted molar refractivity (Wildman–Crippen MR) is 115 cm³/mol.